The zero-order valence-electron chi connectivity index (χ0n) is 9.94. The number of hydrogen-bond acceptors (Lipinski definition) is 3. The van der Waals surface area contributed by atoms with Crippen LogP contribution >= 0.6 is 0 Å². The van der Waals surface area contributed by atoms with E-state index in [0.717, 1.165) is 17.4 Å². The van der Waals surface area contributed by atoms with Crippen LogP contribution in [0, 0.1) is 0 Å². The molecule has 1 aromatic heterocycles. The van der Waals surface area contributed by atoms with Crippen molar-refractivity contribution < 1.29 is 18.0 Å². The van der Waals surface area contributed by atoms with E-state index in [1.807, 2.05) is 0 Å². The Labute approximate surface area is 106 Å². The van der Waals surface area contributed by atoms with Gasteiger partial charge in [0.15, 0.2) is 5.82 Å². The zero-order valence-corrected chi connectivity index (χ0v) is 9.94. The van der Waals surface area contributed by atoms with Crippen LogP contribution in [0.5, 0.6) is 0 Å². The summed E-state index contributed by atoms with van der Waals surface area (Å²) in [6, 6.07) is -0.0247. The Morgan fingerprint density at radius 3 is 2.63 bits per heavy atom. The summed E-state index contributed by atoms with van der Waals surface area (Å²) in [7, 11) is 0. The first-order valence-electron chi connectivity index (χ1n) is 6.00. The number of urea groups is 1. The van der Waals surface area contributed by atoms with Gasteiger partial charge in [-0.25, -0.2) is 4.79 Å². The second kappa shape index (κ2) is 4.10. The number of nitrogens with one attached hydrogen (secondary N) is 1. The van der Waals surface area contributed by atoms with E-state index in [4.69, 9.17) is 0 Å². The summed E-state index contributed by atoms with van der Waals surface area (Å²) in [5.74, 6) is -0.825. The van der Waals surface area contributed by atoms with Crippen molar-refractivity contribution in [3.05, 3.63) is 11.6 Å². The van der Waals surface area contributed by atoms with E-state index in [0.29, 0.717) is 0 Å². The number of carbonyl (C=O) groups excluding carboxylic acids is 1. The highest BCUT2D eigenvalue weighted by atomic mass is 19.4. The Balaban J connectivity index is 1.74. The summed E-state index contributed by atoms with van der Waals surface area (Å²) < 4.78 is 38.9. The van der Waals surface area contributed by atoms with Gasteiger partial charge in [-0.2, -0.15) is 13.2 Å². The second-order valence-corrected chi connectivity index (χ2v) is 4.73. The van der Waals surface area contributed by atoms with Crippen LogP contribution in [-0.2, 0) is 19.3 Å². The molecule has 0 radical (unpaired) electrons. The van der Waals surface area contributed by atoms with Crippen LogP contribution in [0.1, 0.15) is 24.5 Å². The maximum absolute atomic E-state index is 12.6. The molecule has 1 aliphatic heterocycles. The van der Waals surface area contributed by atoms with Gasteiger partial charge in [0.25, 0.3) is 0 Å². The van der Waals surface area contributed by atoms with E-state index < -0.39 is 12.0 Å². The van der Waals surface area contributed by atoms with Gasteiger partial charge in [-0.1, -0.05) is 0 Å². The lowest BCUT2D eigenvalue weighted by Gasteiger charge is -2.28. The molecule has 0 bridgehead atoms. The summed E-state index contributed by atoms with van der Waals surface area (Å²) in [4.78, 5) is 13.3. The minimum absolute atomic E-state index is 0.0572. The molecule has 19 heavy (non-hydrogen) atoms. The molecule has 2 heterocycles. The summed E-state index contributed by atoms with van der Waals surface area (Å²) in [6.07, 6.45) is -2.58. The Hall–Kier alpha value is -1.80. The number of nitrogens with zero attached hydrogens (tertiary/aromatic N) is 4. The lowest BCUT2D eigenvalue weighted by atomic mass is 10.3. The minimum atomic E-state index is -4.51. The highest BCUT2D eigenvalue weighted by Gasteiger charge is 2.40. The number of carbonyl (C=O) groups is 1. The normalized spacial score (nSPS) is 19.2. The molecule has 6 nitrogen and oxygen atoms in total. The fourth-order valence-corrected chi connectivity index (χ4v) is 2.03. The predicted octanol–water partition coefficient (Wildman–Crippen LogP) is 0.985. The number of alkyl halides is 3. The van der Waals surface area contributed by atoms with Crippen LogP contribution in [0.25, 0.3) is 0 Å². The predicted molar refractivity (Wildman–Crippen MR) is 57.0 cm³/mol. The lowest BCUT2D eigenvalue weighted by Crippen LogP contribution is -2.45. The van der Waals surface area contributed by atoms with Crippen molar-refractivity contribution in [1.29, 1.82) is 0 Å². The third-order valence-corrected chi connectivity index (χ3v) is 3.20. The van der Waals surface area contributed by atoms with Gasteiger partial charge >= 0.3 is 12.2 Å². The number of amides is 2. The molecule has 0 spiro atoms. The van der Waals surface area contributed by atoms with Crippen molar-refractivity contribution in [2.24, 2.45) is 0 Å². The summed E-state index contributed by atoms with van der Waals surface area (Å²) in [5, 5.41) is 9.49. The maximum atomic E-state index is 12.6. The van der Waals surface area contributed by atoms with Gasteiger partial charge in [0.05, 0.1) is 6.54 Å². The fraction of sp³-hybridized carbons (Fsp3) is 0.700. The lowest BCUT2D eigenvalue weighted by molar-refractivity contribution is -0.147. The van der Waals surface area contributed by atoms with Crippen molar-refractivity contribution in [3.63, 3.8) is 0 Å². The molecular formula is C10H12F3N5O. The van der Waals surface area contributed by atoms with E-state index in [9.17, 15) is 18.0 Å². The number of aromatic nitrogens is 3. The third kappa shape index (κ3) is 2.36. The molecule has 1 aliphatic carbocycles. The first-order chi connectivity index (χ1) is 8.95. The monoisotopic (exact) mass is 275 g/mol. The smallest absolute Gasteiger partial charge is 0.335 e. The molecule has 0 unspecified atom stereocenters. The van der Waals surface area contributed by atoms with Gasteiger partial charge in [-0.3, -0.25) is 0 Å². The second-order valence-electron chi connectivity index (χ2n) is 4.73. The molecule has 1 saturated carbocycles. The highest BCUT2D eigenvalue weighted by molar-refractivity contribution is 5.74. The fourth-order valence-electron chi connectivity index (χ4n) is 2.03. The van der Waals surface area contributed by atoms with Crippen molar-refractivity contribution in [2.45, 2.75) is 38.1 Å². The molecule has 104 valence electrons. The SMILES string of the molecule is O=C(NC1CC1)N1CCn2c(nnc2C(F)(F)F)C1. The topological polar surface area (TPSA) is 63.1 Å². The van der Waals surface area contributed by atoms with E-state index in [-0.39, 0.29) is 37.5 Å². The average Bonchev–Trinajstić information content (AvgIpc) is 3.04. The molecule has 1 N–H and O–H groups in total. The average molecular weight is 275 g/mol. The number of rotatable bonds is 1. The standard InChI is InChI=1S/C10H12F3N5O/c11-10(12,13)8-16-15-7-5-17(3-4-18(7)8)9(19)14-6-1-2-6/h6H,1-5H2,(H,14,19). The Bertz CT molecular complexity index is 508. The van der Waals surface area contributed by atoms with Crippen LogP contribution in [0.15, 0.2) is 0 Å². The van der Waals surface area contributed by atoms with Crippen molar-refractivity contribution in [3.8, 4) is 0 Å². The van der Waals surface area contributed by atoms with Gasteiger partial charge in [0.2, 0.25) is 5.82 Å². The van der Waals surface area contributed by atoms with E-state index in [1.54, 1.807) is 0 Å². The van der Waals surface area contributed by atoms with Crippen molar-refractivity contribution in [2.75, 3.05) is 6.54 Å². The van der Waals surface area contributed by atoms with Gasteiger partial charge in [0.1, 0.15) is 0 Å². The van der Waals surface area contributed by atoms with Crippen LogP contribution < -0.4 is 5.32 Å². The summed E-state index contributed by atoms with van der Waals surface area (Å²) in [6.45, 7) is 0.351. The van der Waals surface area contributed by atoms with E-state index in [1.165, 1.54) is 4.90 Å². The van der Waals surface area contributed by atoms with Gasteiger partial charge in [0, 0.05) is 19.1 Å². The van der Waals surface area contributed by atoms with Crippen molar-refractivity contribution in [1.82, 2.24) is 25.0 Å². The summed E-state index contributed by atoms with van der Waals surface area (Å²) >= 11 is 0. The first kappa shape index (κ1) is 12.2. The summed E-state index contributed by atoms with van der Waals surface area (Å²) in [5.41, 5.74) is 0. The Kier molecular flexibility index (Phi) is 2.64. The molecule has 0 aromatic carbocycles. The highest BCUT2D eigenvalue weighted by Crippen LogP contribution is 2.29. The molecule has 1 fully saturated rings. The molecule has 3 rings (SSSR count). The third-order valence-electron chi connectivity index (χ3n) is 3.20. The largest absolute Gasteiger partial charge is 0.451 e. The minimum Gasteiger partial charge on any atom is -0.335 e. The molecule has 9 heteroatoms. The first-order valence-corrected chi connectivity index (χ1v) is 6.00. The molecular weight excluding hydrogens is 263 g/mol. The quantitative estimate of drug-likeness (QED) is 0.831. The molecule has 0 saturated heterocycles. The van der Waals surface area contributed by atoms with Crippen LogP contribution in [0.4, 0.5) is 18.0 Å². The maximum Gasteiger partial charge on any atom is 0.451 e. The number of hydrogen-bond donors (Lipinski definition) is 1. The van der Waals surface area contributed by atoms with Crippen molar-refractivity contribution >= 4 is 6.03 Å². The molecule has 1 aromatic rings. The van der Waals surface area contributed by atoms with Gasteiger partial charge in [-0.15, -0.1) is 10.2 Å². The molecule has 0 atom stereocenters. The van der Waals surface area contributed by atoms with E-state index >= 15 is 0 Å². The van der Waals surface area contributed by atoms with Crippen LogP contribution in [-0.4, -0.2) is 38.3 Å². The Morgan fingerprint density at radius 1 is 1.26 bits per heavy atom. The number of fused-ring (bicyclic) bond motifs is 1. The molecule has 2 aliphatic rings. The number of halogens is 3. The van der Waals surface area contributed by atoms with Gasteiger partial charge < -0.3 is 14.8 Å². The Morgan fingerprint density at radius 2 is 2.00 bits per heavy atom. The zero-order chi connectivity index (χ0) is 13.6. The van der Waals surface area contributed by atoms with Crippen LogP contribution in [0.3, 0.4) is 0 Å². The van der Waals surface area contributed by atoms with Gasteiger partial charge in [-0.05, 0) is 12.8 Å². The van der Waals surface area contributed by atoms with E-state index in [2.05, 4.69) is 15.5 Å². The van der Waals surface area contributed by atoms with Crippen LogP contribution in [0.2, 0.25) is 0 Å². The molecule has 2 amide bonds.